The smallest absolute Gasteiger partial charge is 0.141 e. The lowest BCUT2D eigenvalue weighted by molar-refractivity contribution is 0.518. The van der Waals surface area contributed by atoms with Gasteiger partial charge in [0.05, 0.1) is 5.69 Å². The molecule has 16 heavy (non-hydrogen) atoms. The van der Waals surface area contributed by atoms with Crippen LogP contribution in [-0.2, 0) is 13.1 Å². The van der Waals surface area contributed by atoms with Crippen molar-refractivity contribution in [3.05, 3.63) is 34.8 Å². The highest BCUT2D eigenvalue weighted by atomic mass is 79.9. The molecule has 2 aromatic rings. The Morgan fingerprint density at radius 1 is 1.31 bits per heavy atom. The van der Waals surface area contributed by atoms with Gasteiger partial charge in [-0.2, -0.15) is 0 Å². The largest absolute Gasteiger partial charge is 0.325 e. The van der Waals surface area contributed by atoms with E-state index in [0.717, 1.165) is 35.6 Å². The molecule has 1 N–H and O–H groups in total. The maximum atomic E-state index is 4.57. The van der Waals surface area contributed by atoms with E-state index < -0.39 is 0 Å². The van der Waals surface area contributed by atoms with Crippen molar-refractivity contribution in [2.75, 3.05) is 6.54 Å². The molecular weight excluding hydrogens is 268 g/mol. The molecule has 0 saturated carbocycles. The van der Waals surface area contributed by atoms with E-state index >= 15 is 0 Å². The number of pyridine rings is 1. The summed E-state index contributed by atoms with van der Waals surface area (Å²) in [6, 6.07) is 3.98. The third kappa shape index (κ3) is 1.56. The van der Waals surface area contributed by atoms with Crippen molar-refractivity contribution in [1.82, 2.24) is 19.9 Å². The lowest BCUT2D eigenvalue weighted by Gasteiger charge is -2.17. The highest BCUT2D eigenvalue weighted by molar-refractivity contribution is 9.10. The first-order valence-electron chi connectivity index (χ1n) is 5.22. The summed E-state index contributed by atoms with van der Waals surface area (Å²) in [4.78, 5) is 8.60. The van der Waals surface area contributed by atoms with E-state index in [-0.39, 0.29) is 0 Å². The third-order valence-electron chi connectivity index (χ3n) is 2.77. The zero-order valence-electron chi connectivity index (χ0n) is 8.65. The van der Waals surface area contributed by atoms with Crippen molar-refractivity contribution >= 4 is 15.9 Å². The number of aromatic nitrogens is 3. The van der Waals surface area contributed by atoms with Crippen molar-refractivity contribution in [3.63, 3.8) is 0 Å². The summed E-state index contributed by atoms with van der Waals surface area (Å²) in [6.07, 6.45) is 3.60. The molecule has 1 aliphatic heterocycles. The number of nitrogens with one attached hydrogen (secondary N) is 1. The Balaban J connectivity index is 2.15. The zero-order valence-corrected chi connectivity index (χ0v) is 10.2. The first kappa shape index (κ1) is 9.99. The van der Waals surface area contributed by atoms with Gasteiger partial charge in [-0.3, -0.25) is 4.98 Å². The van der Waals surface area contributed by atoms with Crippen LogP contribution in [0.2, 0.25) is 0 Å². The first-order valence-corrected chi connectivity index (χ1v) is 6.01. The Morgan fingerprint density at radius 2 is 2.12 bits per heavy atom. The van der Waals surface area contributed by atoms with Crippen LogP contribution < -0.4 is 5.32 Å². The summed E-state index contributed by atoms with van der Waals surface area (Å²) in [6.45, 7) is 2.83. The summed E-state index contributed by atoms with van der Waals surface area (Å²) in [5.74, 6) is 1.02. The van der Waals surface area contributed by atoms with Crippen LogP contribution in [-0.4, -0.2) is 21.1 Å². The minimum Gasteiger partial charge on any atom is -0.325 e. The molecule has 0 bridgehead atoms. The van der Waals surface area contributed by atoms with Gasteiger partial charge in [-0.1, -0.05) is 0 Å². The summed E-state index contributed by atoms with van der Waals surface area (Å²) in [5, 5.41) is 3.34. The summed E-state index contributed by atoms with van der Waals surface area (Å²) >= 11 is 3.51. The topological polar surface area (TPSA) is 42.7 Å². The van der Waals surface area contributed by atoms with Crippen LogP contribution in [0.1, 0.15) is 5.69 Å². The van der Waals surface area contributed by atoms with E-state index in [1.165, 1.54) is 5.69 Å². The van der Waals surface area contributed by atoms with Crippen LogP contribution in [0.15, 0.2) is 29.1 Å². The quantitative estimate of drug-likeness (QED) is 0.865. The summed E-state index contributed by atoms with van der Waals surface area (Å²) in [7, 11) is 0. The van der Waals surface area contributed by atoms with Crippen LogP contribution in [0.4, 0.5) is 0 Å². The lowest BCUT2D eigenvalue weighted by atomic mass is 10.2. The number of fused-ring (bicyclic) bond motifs is 1. The number of hydrogen-bond acceptors (Lipinski definition) is 3. The van der Waals surface area contributed by atoms with Gasteiger partial charge in [-0.15, -0.1) is 0 Å². The van der Waals surface area contributed by atoms with Crippen LogP contribution >= 0.6 is 15.9 Å². The molecule has 0 spiro atoms. The van der Waals surface area contributed by atoms with Gasteiger partial charge in [0, 0.05) is 37.6 Å². The number of nitrogens with zero attached hydrogens (tertiary/aromatic N) is 3. The minimum atomic E-state index is 0.874. The average molecular weight is 279 g/mol. The van der Waals surface area contributed by atoms with Crippen molar-refractivity contribution in [2.24, 2.45) is 0 Å². The molecular formula is C11H11BrN4. The van der Waals surface area contributed by atoms with Crippen molar-refractivity contribution < 1.29 is 0 Å². The highest BCUT2D eigenvalue weighted by Crippen LogP contribution is 2.26. The standard InChI is InChI=1S/C11H11BrN4/c12-10-9-7-14-5-6-16(9)11(15-10)8-1-3-13-4-2-8/h1-4,14H,5-7H2. The number of halogens is 1. The summed E-state index contributed by atoms with van der Waals surface area (Å²) < 4.78 is 3.20. The maximum absolute atomic E-state index is 4.57. The van der Waals surface area contributed by atoms with Gasteiger partial charge in [0.1, 0.15) is 10.4 Å². The second kappa shape index (κ2) is 3.99. The van der Waals surface area contributed by atoms with E-state index in [2.05, 4.69) is 35.8 Å². The Kier molecular flexibility index (Phi) is 2.49. The van der Waals surface area contributed by atoms with Gasteiger partial charge in [0.25, 0.3) is 0 Å². The molecule has 0 amide bonds. The number of imidazole rings is 1. The Labute approximate surface area is 102 Å². The average Bonchev–Trinajstić information content (AvgIpc) is 2.69. The molecule has 0 radical (unpaired) electrons. The second-order valence-corrected chi connectivity index (χ2v) is 4.49. The molecule has 2 aromatic heterocycles. The van der Waals surface area contributed by atoms with Crippen molar-refractivity contribution in [3.8, 4) is 11.4 Å². The molecule has 0 unspecified atom stereocenters. The predicted molar refractivity (Wildman–Crippen MR) is 64.9 cm³/mol. The zero-order chi connectivity index (χ0) is 11.0. The van der Waals surface area contributed by atoms with Crippen LogP contribution in [0.25, 0.3) is 11.4 Å². The molecule has 0 fully saturated rings. The van der Waals surface area contributed by atoms with Gasteiger partial charge in [0.15, 0.2) is 0 Å². The Hall–Kier alpha value is -1.20. The van der Waals surface area contributed by atoms with Gasteiger partial charge in [-0.05, 0) is 28.1 Å². The van der Waals surface area contributed by atoms with E-state index in [1.54, 1.807) is 12.4 Å². The maximum Gasteiger partial charge on any atom is 0.141 e. The van der Waals surface area contributed by atoms with E-state index in [4.69, 9.17) is 0 Å². The molecule has 82 valence electrons. The monoisotopic (exact) mass is 278 g/mol. The number of rotatable bonds is 1. The fourth-order valence-corrected chi connectivity index (χ4v) is 2.51. The molecule has 4 nitrogen and oxygen atoms in total. The van der Waals surface area contributed by atoms with Crippen LogP contribution in [0.3, 0.4) is 0 Å². The first-order chi connectivity index (χ1) is 7.86. The molecule has 3 rings (SSSR count). The molecule has 3 heterocycles. The predicted octanol–water partition coefficient (Wildman–Crippen LogP) is 1.81. The van der Waals surface area contributed by atoms with Gasteiger partial charge >= 0.3 is 0 Å². The minimum absolute atomic E-state index is 0.874. The van der Waals surface area contributed by atoms with E-state index in [1.807, 2.05) is 12.1 Å². The second-order valence-electron chi connectivity index (χ2n) is 3.74. The van der Waals surface area contributed by atoms with Gasteiger partial charge in [-0.25, -0.2) is 4.98 Å². The fraction of sp³-hybridized carbons (Fsp3) is 0.273. The fourth-order valence-electron chi connectivity index (χ4n) is 1.99. The SMILES string of the molecule is Brc1nc(-c2ccncc2)n2c1CNCC2. The Morgan fingerprint density at radius 3 is 2.94 bits per heavy atom. The van der Waals surface area contributed by atoms with E-state index in [9.17, 15) is 0 Å². The van der Waals surface area contributed by atoms with Crippen molar-refractivity contribution in [2.45, 2.75) is 13.1 Å². The molecule has 5 heteroatoms. The van der Waals surface area contributed by atoms with Crippen LogP contribution in [0, 0.1) is 0 Å². The van der Waals surface area contributed by atoms with Gasteiger partial charge in [0.2, 0.25) is 0 Å². The van der Waals surface area contributed by atoms with E-state index in [0.29, 0.717) is 0 Å². The molecule has 0 atom stereocenters. The Bertz CT molecular complexity index is 506. The molecule has 0 aromatic carbocycles. The van der Waals surface area contributed by atoms with Crippen molar-refractivity contribution in [1.29, 1.82) is 0 Å². The molecule has 0 aliphatic carbocycles. The van der Waals surface area contributed by atoms with Gasteiger partial charge < -0.3 is 9.88 Å². The number of hydrogen-bond donors (Lipinski definition) is 1. The molecule has 0 saturated heterocycles. The summed E-state index contributed by atoms with van der Waals surface area (Å²) in [5.41, 5.74) is 2.34. The highest BCUT2D eigenvalue weighted by Gasteiger charge is 2.18. The molecule has 1 aliphatic rings. The normalized spacial score (nSPS) is 14.8. The lowest BCUT2D eigenvalue weighted by Crippen LogP contribution is -2.28. The van der Waals surface area contributed by atoms with Crippen LogP contribution in [0.5, 0.6) is 0 Å². The third-order valence-corrected chi connectivity index (χ3v) is 3.40.